The van der Waals surface area contributed by atoms with Gasteiger partial charge in [0.25, 0.3) is 0 Å². The van der Waals surface area contributed by atoms with Crippen LogP contribution in [0.4, 0.5) is 5.82 Å². The highest BCUT2D eigenvalue weighted by Crippen LogP contribution is 2.23. The molecule has 104 valence electrons. The number of nitrogens with zero attached hydrogens (tertiary/aromatic N) is 4. The van der Waals surface area contributed by atoms with E-state index in [4.69, 9.17) is 0 Å². The van der Waals surface area contributed by atoms with E-state index < -0.39 is 0 Å². The average molecular weight is 269 g/mol. The third-order valence-corrected chi connectivity index (χ3v) is 3.73. The molecule has 1 atom stereocenters. The van der Waals surface area contributed by atoms with Crippen LogP contribution in [0.3, 0.4) is 0 Å². The lowest BCUT2D eigenvalue weighted by atomic mass is 10.1. The van der Waals surface area contributed by atoms with Gasteiger partial charge in [0.15, 0.2) is 5.82 Å². The van der Waals surface area contributed by atoms with Crippen molar-refractivity contribution >= 4 is 5.82 Å². The first kappa shape index (κ1) is 13.0. The lowest BCUT2D eigenvalue weighted by Crippen LogP contribution is -2.25. The van der Waals surface area contributed by atoms with E-state index in [-0.39, 0.29) is 0 Å². The third kappa shape index (κ3) is 2.77. The van der Waals surface area contributed by atoms with Gasteiger partial charge in [-0.25, -0.2) is 0 Å². The minimum atomic E-state index is 0.710. The molecule has 3 heterocycles. The largest absolute Gasteiger partial charge is 0.355 e. The molecule has 0 spiro atoms. The SMILES string of the molecule is CNCC1CCN(c2ccc(-c3ccncc3)nn2)C1. The normalized spacial score (nSPS) is 18.4. The fraction of sp³-hybridized carbons (Fsp3) is 0.400. The summed E-state index contributed by atoms with van der Waals surface area (Å²) in [6.07, 6.45) is 4.76. The summed E-state index contributed by atoms with van der Waals surface area (Å²) in [7, 11) is 2.01. The van der Waals surface area contributed by atoms with Crippen molar-refractivity contribution in [1.29, 1.82) is 0 Å². The molecule has 0 aliphatic carbocycles. The van der Waals surface area contributed by atoms with Crippen LogP contribution in [0.15, 0.2) is 36.7 Å². The predicted octanol–water partition coefficient (Wildman–Crippen LogP) is 1.58. The summed E-state index contributed by atoms with van der Waals surface area (Å²) in [5.41, 5.74) is 1.94. The molecule has 5 nitrogen and oxygen atoms in total. The Balaban J connectivity index is 1.71. The number of hydrogen-bond donors (Lipinski definition) is 1. The highest BCUT2D eigenvalue weighted by molar-refractivity contribution is 5.58. The quantitative estimate of drug-likeness (QED) is 0.913. The van der Waals surface area contributed by atoms with Crippen molar-refractivity contribution in [2.24, 2.45) is 5.92 Å². The monoisotopic (exact) mass is 269 g/mol. The Labute approximate surface area is 119 Å². The Bertz CT molecular complexity index is 540. The molecular weight excluding hydrogens is 250 g/mol. The molecule has 0 saturated carbocycles. The van der Waals surface area contributed by atoms with Crippen LogP contribution in [0.2, 0.25) is 0 Å². The van der Waals surface area contributed by atoms with Crippen LogP contribution in [0.5, 0.6) is 0 Å². The van der Waals surface area contributed by atoms with Crippen molar-refractivity contribution in [3.63, 3.8) is 0 Å². The molecule has 1 N–H and O–H groups in total. The Morgan fingerprint density at radius 3 is 2.75 bits per heavy atom. The first-order chi connectivity index (χ1) is 9.86. The Kier molecular flexibility index (Phi) is 3.87. The van der Waals surface area contributed by atoms with Gasteiger partial charge in [0.05, 0.1) is 5.69 Å². The number of hydrogen-bond acceptors (Lipinski definition) is 5. The van der Waals surface area contributed by atoms with E-state index in [9.17, 15) is 0 Å². The molecule has 2 aromatic heterocycles. The maximum atomic E-state index is 4.37. The zero-order valence-electron chi connectivity index (χ0n) is 11.7. The van der Waals surface area contributed by atoms with E-state index in [1.54, 1.807) is 12.4 Å². The van der Waals surface area contributed by atoms with Crippen LogP contribution in [-0.4, -0.2) is 41.9 Å². The molecule has 0 aromatic carbocycles. The van der Waals surface area contributed by atoms with Gasteiger partial charge in [-0.05, 0) is 50.2 Å². The van der Waals surface area contributed by atoms with Crippen LogP contribution in [0.1, 0.15) is 6.42 Å². The van der Waals surface area contributed by atoms with E-state index in [0.717, 1.165) is 36.7 Å². The van der Waals surface area contributed by atoms with E-state index in [2.05, 4.69) is 31.5 Å². The van der Waals surface area contributed by atoms with Gasteiger partial charge in [0, 0.05) is 31.0 Å². The zero-order valence-corrected chi connectivity index (χ0v) is 11.7. The lowest BCUT2D eigenvalue weighted by molar-refractivity contribution is 0.548. The average Bonchev–Trinajstić information content (AvgIpc) is 2.97. The molecule has 1 aliphatic rings. The minimum absolute atomic E-state index is 0.710. The molecule has 3 rings (SSSR count). The van der Waals surface area contributed by atoms with Crippen LogP contribution in [0, 0.1) is 5.92 Å². The second-order valence-electron chi connectivity index (χ2n) is 5.17. The highest BCUT2D eigenvalue weighted by Gasteiger charge is 2.22. The summed E-state index contributed by atoms with van der Waals surface area (Å²) in [5, 5.41) is 11.9. The lowest BCUT2D eigenvalue weighted by Gasteiger charge is -2.17. The van der Waals surface area contributed by atoms with Crippen molar-refractivity contribution in [2.75, 3.05) is 31.6 Å². The number of aromatic nitrogens is 3. The van der Waals surface area contributed by atoms with Gasteiger partial charge in [0.2, 0.25) is 0 Å². The first-order valence-corrected chi connectivity index (χ1v) is 7.00. The molecule has 0 radical (unpaired) electrons. The Hall–Kier alpha value is -2.01. The topological polar surface area (TPSA) is 53.9 Å². The van der Waals surface area contributed by atoms with Gasteiger partial charge in [0.1, 0.15) is 0 Å². The van der Waals surface area contributed by atoms with Crippen molar-refractivity contribution < 1.29 is 0 Å². The zero-order chi connectivity index (χ0) is 13.8. The second kappa shape index (κ2) is 5.96. The molecule has 1 aliphatic heterocycles. The smallest absolute Gasteiger partial charge is 0.151 e. The van der Waals surface area contributed by atoms with E-state index in [1.165, 1.54) is 6.42 Å². The predicted molar refractivity (Wildman–Crippen MR) is 79.5 cm³/mol. The van der Waals surface area contributed by atoms with Gasteiger partial charge >= 0.3 is 0 Å². The molecule has 1 unspecified atom stereocenters. The second-order valence-corrected chi connectivity index (χ2v) is 5.17. The minimum Gasteiger partial charge on any atom is -0.355 e. The third-order valence-electron chi connectivity index (χ3n) is 3.73. The van der Waals surface area contributed by atoms with Crippen molar-refractivity contribution in [3.05, 3.63) is 36.7 Å². The summed E-state index contributed by atoms with van der Waals surface area (Å²) < 4.78 is 0. The van der Waals surface area contributed by atoms with Gasteiger partial charge in [-0.3, -0.25) is 4.98 Å². The standard InChI is InChI=1S/C15H19N5/c1-16-10-12-6-9-20(11-12)15-3-2-14(18-19-15)13-4-7-17-8-5-13/h2-5,7-8,12,16H,6,9-11H2,1H3. The highest BCUT2D eigenvalue weighted by atomic mass is 15.3. The summed E-state index contributed by atoms with van der Waals surface area (Å²) in [6.45, 7) is 3.19. The van der Waals surface area contributed by atoms with Gasteiger partial charge in [-0.1, -0.05) is 0 Å². The molecule has 1 saturated heterocycles. The first-order valence-electron chi connectivity index (χ1n) is 7.00. The van der Waals surface area contributed by atoms with E-state index in [1.807, 2.05) is 25.2 Å². The van der Waals surface area contributed by atoms with Gasteiger partial charge < -0.3 is 10.2 Å². The number of anilines is 1. The van der Waals surface area contributed by atoms with Gasteiger partial charge in [-0.2, -0.15) is 0 Å². The van der Waals surface area contributed by atoms with Crippen molar-refractivity contribution in [1.82, 2.24) is 20.5 Å². The molecule has 20 heavy (non-hydrogen) atoms. The van der Waals surface area contributed by atoms with E-state index >= 15 is 0 Å². The number of nitrogens with one attached hydrogen (secondary N) is 1. The Morgan fingerprint density at radius 1 is 1.20 bits per heavy atom. The fourth-order valence-electron chi connectivity index (χ4n) is 2.67. The molecule has 0 amide bonds. The maximum absolute atomic E-state index is 4.37. The summed E-state index contributed by atoms with van der Waals surface area (Å²) in [4.78, 5) is 6.33. The molecule has 1 fully saturated rings. The van der Waals surface area contributed by atoms with Crippen molar-refractivity contribution in [3.8, 4) is 11.3 Å². The van der Waals surface area contributed by atoms with Crippen LogP contribution in [-0.2, 0) is 0 Å². The summed E-state index contributed by atoms with van der Waals surface area (Å²) in [6, 6.07) is 7.98. The van der Waals surface area contributed by atoms with Crippen LogP contribution >= 0.6 is 0 Å². The van der Waals surface area contributed by atoms with Crippen LogP contribution in [0.25, 0.3) is 11.3 Å². The summed E-state index contributed by atoms with van der Waals surface area (Å²) >= 11 is 0. The molecule has 5 heteroatoms. The maximum Gasteiger partial charge on any atom is 0.151 e. The fourth-order valence-corrected chi connectivity index (χ4v) is 2.67. The van der Waals surface area contributed by atoms with E-state index in [0.29, 0.717) is 5.92 Å². The van der Waals surface area contributed by atoms with Crippen molar-refractivity contribution in [2.45, 2.75) is 6.42 Å². The summed E-state index contributed by atoms with van der Waals surface area (Å²) in [5.74, 6) is 1.68. The number of rotatable bonds is 4. The Morgan fingerprint density at radius 2 is 2.05 bits per heavy atom. The number of pyridine rings is 1. The molecular formula is C15H19N5. The molecule has 2 aromatic rings. The molecule has 0 bridgehead atoms. The van der Waals surface area contributed by atoms with Crippen LogP contribution < -0.4 is 10.2 Å². The van der Waals surface area contributed by atoms with Gasteiger partial charge in [-0.15, -0.1) is 10.2 Å².